The molecule has 1 N–H and O–H groups in total. The molecular formula is C18H24F4N2. The van der Waals surface area contributed by atoms with Crippen molar-refractivity contribution in [2.24, 2.45) is 0 Å². The molecule has 1 atom stereocenters. The van der Waals surface area contributed by atoms with Crippen molar-refractivity contribution in [2.75, 3.05) is 26.2 Å². The molecule has 0 saturated carbocycles. The minimum atomic E-state index is -4.55. The van der Waals surface area contributed by atoms with Gasteiger partial charge in [-0.05, 0) is 37.0 Å². The van der Waals surface area contributed by atoms with Crippen molar-refractivity contribution < 1.29 is 17.6 Å². The van der Waals surface area contributed by atoms with E-state index >= 15 is 0 Å². The van der Waals surface area contributed by atoms with Crippen LogP contribution in [0.5, 0.6) is 0 Å². The first-order valence-corrected chi connectivity index (χ1v) is 8.36. The van der Waals surface area contributed by atoms with E-state index in [1.165, 1.54) is 6.07 Å². The molecule has 1 fully saturated rings. The molecule has 0 amide bonds. The molecule has 6 heteroatoms. The Morgan fingerprint density at radius 3 is 2.54 bits per heavy atom. The van der Waals surface area contributed by atoms with Gasteiger partial charge in [0.25, 0.3) is 0 Å². The lowest BCUT2D eigenvalue weighted by atomic mass is 9.93. The fourth-order valence-corrected chi connectivity index (χ4v) is 3.22. The van der Waals surface area contributed by atoms with Crippen LogP contribution in [0.1, 0.15) is 42.9 Å². The monoisotopic (exact) mass is 344 g/mol. The number of rotatable bonds is 7. The lowest BCUT2D eigenvalue weighted by Gasteiger charge is -2.36. The molecule has 1 aliphatic heterocycles. The molecule has 24 heavy (non-hydrogen) atoms. The van der Waals surface area contributed by atoms with Crippen molar-refractivity contribution >= 4 is 0 Å². The molecule has 0 bridgehead atoms. The number of benzene rings is 1. The average Bonchev–Trinajstić information content (AvgIpc) is 2.55. The highest BCUT2D eigenvalue weighted by Gasteiger charge is 2.37. The maximum atomic E-state index is 13.4. The average molecular weight is 344 g/mol. The predicted molar refractivity (Wildman–Crippen MR) is 87.3 cm³/mol. The number of unbranched alkanes of at least 4 members (excludes halogenated alkanes) is 2. The number of hydrogen-bond acceptors (Lipinski definition) is 2. The summed E-state index contributed by atoms with van der Waals surface area (Å²) in [6, 6.07) is 2.71. The highest BCUT2D eigenvalue weighted by molar-refractivity contribution is 5.33. The molecule has 2 rings (SSSR count). The first-order valence-electron chi connectivity index (χ1n) is 8.36. The van der Waals surface area contributed by atoms with E-state index in [4.69, 9.17) is 0 Å². The van der Waals surface area contributed by atoms with Crippen LogP contribution in [-0.2, 0) is 6.18 Å². The summed E-state index contributed by atoms with van der Waals surface area (Å²) in [5.41, 5.74) is -0.667. The molecule has 0 aliphatic carbocycles. The minimum Gasteiger partial charge on any atom is -0.314 e. The van der Waals surface area contributed by atoms with Gasteiger partial charge in [-0.15, -0.1) is 6.58 Å². The summed E-state index contributed by atoms with van der Waals surface area (Å²) in [5, 5.41) is 3.21. The maximum absolute atomic E-state index is 13.4. The lowest BCUT2D eigenvalue weighted by molar-refractivity contribution is -0.139. The zero-order chi connectivity index (χ0) is 17.6. The molecule has 0 radical (unpaired) electrons. The third-order valence-electron chi connectivity index (χ3n) is 4.41. The van der Waals surface area contributed by atoms with Gasteiger partial charge in [-0.1, -0.05) is 18.6 Å². The Balaban J connectivity index is 2.29. The van der Waals surface area contributed by atoms with E-state index in [1.54, 1.807) is 0 Å². The van der Waals surface area contributed by atoms with Gasteiger partial charge in [0.15, 0.2) is 0 Å². The molecular weight excluding hydrogens is 320 g/mol. The molecule has 1 saturated heterocycles. The lowest BCUT2D eigenvalue weighted by Crippen LogP contribution is -2.45. The van der Waals surface area contributed by atoms with Crippen molar-refractivity contribution in [3.8, 4) is 0 Å². The van der Waals surface area contributed by atoms with Crippen molar-refractivity contribution in [1.82, 2.24) is 10.2 Å². The van der Waals surface area contributed by atoms with Crippen LogP contribution in [0.4, 0.5) is 17.6 Å². The Kier molecular flexibility index (Phi) is 6.80. The van der Waals surface area contributed by atoms with E-state index in [9.17, 15) is 17.6 Å². The third-order valence-corrected chi connectivity index (χ3v) is 4.41. The van der Waals surface area contributed by atoms with Crippen LogP contribution in [-0.4, -0.2) is 31.1 Å². The van der Waals surface area contributed by atoms with Gasteiger partial charge in [-0.3, -0.25) is 4.90 Å². The van der Waals surface area contributed by atoms with Crippen LogP contribution in [0, 0.1) is 5.82 Å². The van der Waals surface area contributed by atoms with E-state index in [-0.39, 0.29) is 11.6 Å². The maximum Gasteiger partial charge on any atom is 0.416 e. The summed E-state index contributed by atoms with van der Waals surface area (Å²) in [4.78, 5) is 2.08. The Hall–Kier alpha value is -1.40. The van der Waals surface area contributed by atoms with Crippen molar-refractivity contribution in [3.05, 3.63) is 47.8 Å². The molecule has 0 aromatic heterocycles. The van der Waals surface area contributed by atoms with E-state index in [1.807, 2.05) is 6.08 Å². The summed E-state index contributed by atoms with van der Waals surface area (Å²) in [7, 11) is 0. The van der Waals surface area contributed by atoms with Crippen LogP contribution < -0.4 is 5.32 Å². The molecule has 1 aliphatic rings. The SMILES string of the molecule is C=CCCCC[C@@H](c1ccc(F)cc1C(F)(F)F)N1CCNCC1. The van der Waals surface area contributed by atoms with Crippen LogP contribution >= 0.6 is 0 Å². The Morgan fingerprint density at radius 2 is 1.92 bits per heavy atom. The van der Waals surface area contributed by atoms with Crippen LogP contribution in [0.2, 0.25) is 0 Å². The third kappa shape index (κ3) is 5.05. The van der Waals surface area contributed by atoms with Gasteiger partial charge < -0.3 is 5.32 Å². The zero-order valence-electron chi connectivity index (χ0n) is 13.7. The van der Waals surface area contributed by atoms with E-state index < -0.39 is 17.6 Å². The van der Waals surface area contributed by atoms with Gasteiger partial charge in [0.2, 0.25) is 0 Å². The van der Waals surface area contributed by atoms with Crippen molar-refractivity contribution in [1.29, 1.82) is 0 Å². The summed E-state index contributed by atoms with van der Waals surface area (Å²) < 4.78 is 53.6. The molecule has 1 heterocycles. The Labute approximate surface area is 140 Å². The van der Waals surface area contributed by atoms with Gasteiger partial charge >= 0.3 is 6.18 Å². The van der Waals surface area contributed by atoms with Gasteiger partial charge in [0, 0.05) is 32.2 Å². The second kappa shape index (κ2) is 8.62. The smallest absolute Gasteiger partial charge is 0.314 e. The van der Waals surface area contributed by atoms with Crippen LogP contribution in [0.25, 0.3) is 0 Å². The van der Waals surface area contributed by atoms with Crippen LogP contribution in [0.3, 0.4) is 0 Å². The molecule has 1 aromatic carbocycles. The van der Waals surface area contributed by atoms with Crippen LogP contribution in [0.15, 0.2) is 30.9 Å². The summed E-state index contributed by atoms with van der Waals surface area (Å²) >= 11 is 0. The summed E-state index contributed by atoms with van der Waals surface area (Å²) in [6.07, 6.45) is 0.458. The van der Waals surface area contributed by atoms with Crippen molar-refractivity contribution in [2.45, 2.75) is 37.9 Å². The molecule has 1 aromatic rings. The second-order valence-corrected chi connectivity index (χ2v) is 6.10. The largest absolute Gasteiger partial charge is 0.416 e. The van der Waals surface area contributed by atoms with E-state index in [0.29, 0.717) is 25.6 Å². The highest BCUT2D eigenvalue weighted by atomic mass is 19.4. The van der Waals surface area contributed by atoms with E-state index in [2.05, 4.69) is 16.8 Å². The highest BCUT2D eigenvalue weighted by Crippen LogP contribution is 2.38. The number of halogens is 4. The predicted octanol–water partition coefficient (Wildman–Crippen LogP) is 4.54. The number of alkyl halides is 3. The standard InChI is InChI=1S/C18H24F4N2/c1-2-3-4-5-6-17(24-11-9-23-10-12-24)15-8-7-14(19)13-16(15)18(20,21)22/h2,7-8,13,17,23H,1,3-6,9-12H2/t17-/m0/s1. The quantitative estimate of drug-likeness (QED) is 0.444. The van der Waals surface area contributed by atoms with Gasteiger partial charge in [0.05, 0.1) is 5.56 Å². The number of piperazine rings is 1. The first-order chi connectivity index (χ1) is 11.4. The molecule has 0 spiro atoms. The fourth-order valence-electron chi connectivity index (χ4n) is 3.22. The molecule has 134 valence electrons. The Bertz CT molecular complexity index is 536. The zero-order valence-corrected chi connectivity index (χ0v) is 13.7. The van der Waals surface area contributed by atoms with Gasteiger partial charge in [-0.25, -0.2) is 4.39 Å². The minimum absolute atomic E-state index is 0.185. The first kappa shape index (κ1) is 18.9. The second-order valence-electron chi connectivity index (χ2n) is 6.10. The van der Waals surface area contributed by atoms with E-state index in [0.717, 1.165) is 38.4 Å². The molecule has 2 nitrogen and oxygen atoms in total. The number of allylic oxidation sites excluding steroid dienone is 1. The number of nitrogens with zero attached hydrogens (tertiary/aromatic N) is 1. The molecule has 0 unspecified atom stereocenters. The topological polar surface area (TPSA) is 15.3 Å². The summed E-state index contributed by atoms with van der Waals surface area (Å²) in [5.74, 6) is -0.850. The normalized spacial score (nSPS) is 17.7. The summed E-state index contributed by atoms with van der Waals surface area (Å²) in [6.45, 7) is 6.57. The Morgan fingerprint density at radius 1 is 1.21 bits per heavy atom. The number of hydrogen-bond donors (Lipinski definition) is 1. The van der Waals surface area contributed by atoms with Gasteiger partial charge in [-0.2, -0.15) is 13.2 Å². The van der Waals surface area contributed by atoms with Crippen molar-refractivity contribution in [3.63, 3.8) is 0 Å². The number of nitrogens with one attached hydrogen (secondary N) is 1. The van der Waals surface area contributed by atoms with Gasteiger partial charge in [0.1, 0.15) is 5.82 Å². The fraction of sp³-hybridized carbons (Fsp3) is 0.556.